The number of aromatic nitrogens is 2. The molecular weight excluding hydrogens is 552 g/mol. The molecule has 3 aromatic carbocycles. The Hall–Kier alpha value is -4.51. The SMILES string of the molecule is COc1ccc(C(OC[C@H]2O[C@@H](n3cc(C)c(=O)[nH]c3=O)C[C@@]2(O)C(C)=O)(c2ccccc2)c2ccc(OC)cc2)cc1. The molecule has 5 rings (SSSR count). The minimum atomic E-state index is -1.96. The van der Waals surface area contributed by atoms with E-state index in [0.29, 0.717) is 11.5 Å². The number of carbonyl (C=O) groups excluding carboxylic acids is 1. The van der Waals surface area contributed by atoms with Crippen LogP contribution >= 0.6 is 0 Å². The van der Waals surface area contributed by atoms with Crippen molar-refractivity contribution in [3.05, 3.63) is 128 Å². The highest BCUT2D eigenvalue weighted by Gasteiger charge is 2.53. The third kappa shape index (κ3) is 5.52. The molecule has 10 heteroatoms. The lowest BCUT2D eigenvalue weighted by atomic mass is 9.79. The van der Waals surface area contributed by atoms with Gasteiger partial charge in [-0.2, -0.15) is 0 Å². The third-order valence-corrected chi connectivity index (χ3v) is 8.03. The lowest BCUT2D eigenvalue weighted by molar-refractivity contribution is -0.151. The molecule has 0 radical (unpaired) electrons. The molecule has 0 aliphatic carbocycles. The van der Waals surface area contributed by atoms with Gasteiger partial charge in [-0.25, -0.2) is 4.79 Å². The van der Waals surface area contributed by atoms with Crippen molar-refractivity contribution < 1.29 is 28.8 Å². The zero-order chi connectivity index (χ0) is 30.8. The van der Waals surface area contributed by atoms with Crippen LogP contribution < -0.4 is 20.7 Å². The average Bonchev–Trinajstić information content (AvgIpc) is 3.37. The zero-order valence-electron chi connectivity index (χ0n) is 24.4. The van der Waals surface area contributed by atoms with Crippen LogP contribution in [0.4, 0.5) is 0 Å². The van der Waals surface area contributed by atoms with Crippen molar-refractivity contribution in [1.82, 2.24) is 9.55 Å². The fourth-order valence-corrected chi connectivity index (χ4v) is 5.53. The van der Waals surface area contributed by atoms with Gasteiger partial charge in [0.05, 0.1) is 20.8 Å². The second kappa shape index (κ2) is 12.0. The van der Waals surface area contributed by atoms with Gasteiger partial charge in [0.2, 0.25) is 0 Å². The number of rotatable bonds is 10. The summed E-state index contributed by atoms with van der Waals surface area (Å²) in [5.74, 6) is 0.794. The van der Waals surface area contributed by atoms with Gasteiger partial charge in [-0.15, -0.1) is 0 Å². The highest BCUT2D eigenvalue weighted by Crippen LogP contribution is 2.44. The maximum Gasteiger partial charge on any atom is 0.330 e. The summed E-state index contributed by atoms with van der Waals surface area (Å²) in [5.41, 5.74) is -1.80. The van der Waals surface area contributed by atoms with Gasteiger partial charge >= 0.3 is 5.69 Å². The van der Waals surface area contributed by atoms with E-state index in [1.54, 1.807) is 21.1 Å². The molecular formula is C33H34N2O8. The van der Waals surface area contributed by atoms with Crippen LogP contribution in [0.1, 0.15) is 41.8 Å². The average molecular weight is 587 g/mol. The van der Waals surface area contributed by atoms with E-state index in [0.717, 1.165) is 16.7 Å². The third-order valence-electron chi connectivity index (χ3n) is 8.03. The van der Waals surface area contributed by atoms with Crippen LogP contribution in [0.15, 0.2) is 94.6 Å². The number of aryl methyl sites for hydroxylation is 1. The van der Waals surface area contributed by atoms with Crippen LogP contribution in [-0.2, 0) is 19.9 Å². The van der Waals surface area contributed by atoms with Gasteiger partial charge in [-0.3, -0.25) is 19.1 Å². The predicted octanol–water partition coefficient (Wildman–Crippen LogP) is 3.48. The first-order valence-electron chi connectivity index (χ1n) is 13.8. The minimum absolute atomic E-state index is 0.203. The maximum atomic E-state index is 12.9. The van der Waals surface area contributed by atoms with Crippen LogP contribution in [0, 0.1) is 6.92 Å². The lowest BCUT2D eigenvalue weighted by Crippen LogP contribution is -2.48. The van der Waals surface area contributed by atoms with E-state index in [9.17, 15) is 19.5 Å². The van der Waals surface area contributed by atoms with E-state index in [4.69, 9.17) is 18.9 Å². The van der Waals surface area contributed by atoms with E-state index in [1.165, 1.54) is 17.7 Å². The number of methoxy groups -OCH3 is 2. The largest absolute Gasteiger partial charge is 0.497 e. The Morgan fingerprint density at radius 3 is 2.00 bits per heavy atom. The Bertz CT molecular complexity index is 1650. The summed E-state index contributed by atoms with van der Waals surface area (Å²) in [5, 5.41) is 11.6. The van der Waals surface area contributed by atoms with E-state index in [1.807, 2.05) is 78.9 Å². The molecule has 10 nitrogen and oxygen atoms in total. The molecule has 1 aliphatic rings. The van der Waals surface area contributed by atoms with Gasteiger partial charge in [0.15, 0.2) is 11.4 Å². The molecule has 0 amide bonds. The van der Waals surface area contributed by atoms with Crippen molar-refractivity contribution in [2.45, 2.75) is 43.8 Å². The van der Waals surface area contributed by atoms with Crippen molar-refractivity contribution in [3.8, 4) is 11.5 Å². The van der Waals surface area contributed by atoms with Gasteiger partial charge in [0.1, 0.15) is 29.4 Å². The quantitative estimate of drug-likeness (QED) is 0.270. The van der Waals surface area contributed by atoms with Gasteiger partial charge in [0, 0.05) is 18.2 Å². The number of aromatic amines is 1. The lowest BCUT2D eigenvalue weighted by Gasteiger charge is -2.38. The predicted molar refractivity (Wildman–Crippen MR) is 158 cm³/mol. The number of ether oxygens (including phenoxy) is 4. The molecule has 2 heterocycles. The fraction of sp³-hybridized carbons (Fsp3) is 0.303. The highest BCUT2D eigenvalue weighted by molar-refractivity contribution is 5.85. The number of Topliss-reactive ketones (excluding diaryl/α,β-unsaturated/α-hetero) is 1. The molecule has 2 N–H and O–H groups in total. The summed E-state index contributed by atoms with van der Waals surface area (Å²) in [6, 6.07) is 24.5. The monoisotopic (exact) mass is 586 g/mol. The summed E-state index contributed by atoms with van der Waals surface area (Å²) in [4.78, 5) is 39.7. The van der Waals surface area contributed by atoms with Crippen molar-refractivity contribution in [2.24, 2.45) is 0 Å². The number of ketones is 1. The number of hydrogen-bond donors (Lipinski definition) is 2. The number of aliphatic hydroxyl groups is 1. The number of nitrogens with zero attached hydrogens (tertiary/aromatic N) is 1. The Kier molecular flexibility index (Phi) is 8.36. The molecule has 224 valence electrons. The second-order valence-corrected chi connectivity index (χ2v) is 10.6. The fourth-order valence-electron chi connectivity index (χ4n) is 5.53. The second-order valence-electron chi connectivity index (χ2n) is 10.6. The molecule has 4 aromatic rings. The summed E-state index contributed by atoms with van der Waals surface area (Å²) in [7, 11) is 3.18. The van der Waals surface area contributed by atoms with Crippen molar-refractivity contribution in [2.75, 3.05) is 20.8 Å². The Labute approximate surface area is 248 Å². The molecule has 0 saturated carbocycles. The standard InChI is InChI=1S/C33H34N2O8/c1-21-19-35(31(38)34-30(21)37)29-18-32(39,22(2)36)28(43-29)20-42-33(23-8-6-5-7-9-23,24-10-14-26(40-3)15-11-24)25-12-16-27(41-4)17-13-25/h5-17,19,28-29,39H,18,20H2,1-4H3,(H,34,37,38)/t28-,29-,32-/m1/s1. The number of H-pyrrole nitrogens is 1. The number of hydrogen-bond acceptors (Lipinski definition) is 8. The highest BCUT2D eigenvalue weighted by atomic mass is 16.6. The maximum absolute atomic E-state index is 12.9. The van der Waals surface area contributed by atoms with Crippen molar-refractivity contribution in [1.29, 1.82) is 0 Å². The molecule has 43 heavy (non-hydrogen) atoms. The first-order valence-corrected chi connectivity index (χ1v) is 13.8. The topological polar surface area (TPSA) is 129 Å². The first-order chi connectivity index (χ1) is 20.6. The Balaban J connectivity index is 1.61. The van der Waals surface area contributed by atoms with E-state index >= 15 is 0 Å². The molecule has 1 saturated heterocycles. The van der Waals surface area contributed by atoms with Gasteiger partial charge in [-0.1, -0.05) is 54.6 Å². The summed E-state index contributed by atoms with van der Waals surface area (Å²) >= 11 is 0. The van der Waals surface area contributed by atoms with Crippen LogP contribution in [0.5, 0.6) is 11.5 Å². The number of benzene rings is 3. The molecule has 1 aromatic heterocycles. The van der Waals surface area contributed by atoms with Crippen LogP contribution in [0.3, 0.4) is 0 Å². The van der Waals surface area contributed by atoms with E-state index < -0.39 is 40.6 Å². The summed E-state index contributed by atoms with van der Waals surface area (Å²) < 4.78 is 25.0. The van der Waals surface area contributed by atoms with Crippen LogP contribution in [0.25, 0.3) is 0 Å². The molecule has 0 spiro atoms. The summed E-state index contributed by atoms with van der Waals surface area (Å²) in [6.45, 7) is 2.60. The van der Waals surface area contributed by atoms with Gasteiger partial charge in [0.25, 0.3) is 5.56 Å². The Morgan fingerprint density at radius 1 is 0.953 bits per heavy atom. The molecule has 0 unspecified atom stereocenters. The molecule has 1 fully saturated rings. The summed E-state index contributed by atoms with van der Waals surface area (Å²) in [6.07, 6.45) is -1.00. The van der Waals surface area contributed by atoms with Gasteiger partial charge < -0.3 is 24.1 Å². The molecule has 1 aliphatic heterocycles. The van der Waals surface area contributed by atoms with E-state index in [2.05, 4.69) is 4.98 Å². The molecule has 0 bridgehead atoms. The van der Waals surface area contributed by atoms with Gasteiger partial charge in [-0.05, 0) is 54.8 Å². The first kappa shape index (κ1) is 30.0. The van der Waals surface area contributed by atoms with Crippen molar-refractivity contribution >= 4 is 5.78 Å². The zero-order valence-corrected chi connectivity index (χ0v) is 24.4. The number of carbonyl (C=O) groups is 1. The van der Waals surface area contributed by atoms with Crippen LogP contribution in [0.2, 0.25) is 0 Å². The smallest absolute Gasteiger partial charge is 0.330 e. The van der Waals surface area contributed by atoms with Crippen molar-refractivity contribution in [3.63, 3.8) is 0 Å². The Morgan fingerprint density at radius 2 is 1.49 bits per heavy atom. The molecule has 3 atom stereocenters. The van der Waals surface area contributed by atoms with Crippen LogP contribution in [-0.4, -0.2) is 53.0 Å². The normalized spacial score (nSPS) is 20.1. The number of nitrogens with one attached hydrogen (secondary N) is 1. The van der Waals surface area contributed by atoms with E-state index in [-0.39, 0.29) is 18.6 Å². The minimum Gasteiger partial charge on any atom is -0.497 e.